The minimum absolute atomic E-state index is 0.0840. The second kappa shape index (κ2) is 7.07. The zero-order valence-corrected chi connectivity index (χ0v) is 16.2. The van der Waals surface area contributed by atoms with Crippen LogP contribution in [0.15, 0.2) is 66.9 Å². The van der Waals surface area contributed by atoms with E-state index in [-0.39, 0.29) is 11.9 Å². The number of fused-ring (bicyclic) bond motifs is 3. The molecule has 0 saturated heterocycles. The fraction of sp³-hybridized carbons (Fsp3) is 0.292. The third-order valence-electron chi connectivity index (χ3n) is 5.26. The lowest BCUT2D eigenvalue weighted by Gasteiger charge is -2.31. The quantitative estimate of drug-likeness (QED) is 0.627. The maximum absolute atomic E-state index is 13.3. The van der Waals surface area contributed by atoms with Gasteiger partial charge in [0.2, 0.25) is 5.91 Å². The molecular weight excluding hydrogens is 332 g/mol. The lowest BCUT2D eigenvalue weighted by atomic mass is 9.99. The Morgan fingerprint density at radius 1 is 1.04 bits per heavy atom. The molecule has 3 nitrogen and oxygen atoms in total. The van der Waals surface area contributed by atoms with Crippen molar-refractivity contribution in [1.29, 1.82) is 0 Å². The molecule has 1 aliphatic heterocycles. The summed E-state index contributed by atoms with van der Waals surface area (Å²) >= 11 is 0. The molecule has 1 atom stereocenters. The predicted molar refractivity (Wildman–Crippen MR) is 109 cm³/mol. The van der Waals surface area contributed by atoms with Crippen molar-refractivity contribution in [3.05, 3.63) is 89.2 Å². The number of benzene rings is 2. The number of hydrogen-bond acceptors (Lipinski definition) is 1. The highest BCUT2D eigenvalue weighted by molar-refractivity contribution is 5.78. The van der Waals surface area contributed by atoms with Crippen LogP contribution in [-0.2, 0) is 11.3 Å². The molecule has 0 saturated carbocycles. The number of hydrogen-bond donors (Lipinski definition) is 0. The van der Waals surface area contributed by atoms with Gasteiger partial charge in [-0.2, -0.15) is 0 Å². The van der Waals surface area contributed by atoms with Crippen LogP contribution in [0.25, 0.3) is 5.69 Å². The minimum Gasteiger partial charge on any atom is -0.326 e. The molecule has 4 rings (SSSR count). The average Bonchev–Trinajstić information content (AvgIpc) is 3.06. The first-order valence-corrected chi connectivity index (χ1v) is 9.66. The van der Waals surface area contributed by atoms with Gasteiger partial charge in [0.15, 0.2) is 0 Å². The van der Waals surface area contributed by atoms with Crippen molar-refractivity contribution in [3.63, 3.8) is 0 Å². The smallest absolute Gasteiger partial charge is 0.223 e. The van der Waals surface area contributed by atoms with Crippen molar-refractivity contribution in [2.24, 2.45) is 5.92 Å². The van der Waals surface area contributed by atoms with Crippen molar-refractivity contribution >= 4 is 5.91 Å². The van der Waals surface area contributed by atoms with Gasteiger partial charge < -0.3 is 9.47 Å². The Bertz CT molecular complexity index is 953. The van der Waals surface area contributed by atoms with E-state index in [9.17, 15) is 4.79 Å². The molecule has 1 aromatic heterocycles. The maximum Gasteiger partial charge on any atom is 0.223 e. The maximum atomic E-state index is 13.3. The summed E-state index contributed by atoms with van der Waals surface area (Å²) in [6.45, 7) is 6.93. The third kappa shape index (κ3) is 3.30. The zero-order chi connectivity index (χ0) is 19.0. The molecule has 3 heteroatoms. The standard InChI is InChI=1S/C24H26N2O/c1-17(2)15-23(27)26-16-20-7-4-5-8-21(20)25-14-6-9-22(25)24(26)19-12-10-18(3)11-13-19/h4-14,17,24H,15-16H2,1-3H3. The van der Waals surface area contributed by atoms with Crippen LogP contribution in [0, 0.1) is 12.8 Å². The zero-order valence-electron chi connectivity index (χ0n) is 16.2. The number of carbonyl (C=O) groups excluding carboxylic acids is 1. The first-order valence-electron chi connectivity index (χ1n) is 9.66. The molecule has 0 aliphatic carbocycles. The van der Waals surface area contributed by atoms with Crippen LogP contribution in [-0.4, -0.2) is 15.4 Å². The van der Waals surface area contributed by atoms with E-state index < -0.39 is 0 Å². The summed E-state index contributed by atoms with van der Waals surface area (Å²) in [4.78, 5) is 15.3. The summed E-state index contributed by atoms with van der Waals surface area (Å²) in [5.41, 5.74) is 5.87. The first-order chi connectivity index (χ1) is 13.0. The van der Waals surface area contributed by atoms with Gasteiger partial charge in [0, 0.05) is 24.9 Å². The summed E-state index contributed by atoms with van der Waals surface area (Å²) in [6.07, 6.45) is 2.66. The molecule has 27 heavy (non-hydrogen) atoms. The second-order valence-electron chi connectivity index (χ2n) is 7.86. The van der Waals surface area contributed by atoms with E-state index in [2.05, 4.69) is 97.1 Å². The molecule has 1 amide bonds. The van der Waals surface area contributed by atoms with E-state index in [1.165, 1.54) is 11.1 Å². The molecule has 0 radical (unpaired) electrons. The van der Waals surface area contributed by atoms with Crippen LogP contribution in [0.3, 0.4) is 0 Å². The third-order valence-corrected chi connectivity index (χ3v) is 5.26. The van der Waals surface area contributed by atoms with Crippen molar-refractivity contribution in [2.45, 2.75) is 39.8 Å². The highest BCUT2D eigenvalue weighted by Gasteiger charge is 2.32. The van der Waals surface area contributed by atoms with E-state index in [4.69, 9.17) is 0 Å². The van der Waals surface area contributed by atoms with Crippen molar-refractivity contribution < 1.29 is 4.79 Å². The summed E-state index contributed by atoms with van der Waals surface area (Å²) in [7, 11) is 0. The highest BCUT2D eigenvalue weighted by Crippen LogP contribution is 2.37. The predicted octanol–water partition coefficient (Wildman–Crippen LogP) is 5.26. The molecule has 0 spiro atoms. The lowest BCUT2D eigenvalue weighted by molar-refractivity contribution is -0.134. The van der Waals surface area contributed by atoms with E-state index in [0.29, 0.717) is 18.9 Å². The molecule has 0 N–H and O–H groups in total. The van der Waals surface area contributed by atoms with Gasteiger partial charge in [-0.25, -0.2) is 0 Å². The SMILES string of the molecule is Cc1ccc(C2c3cccn3-c3ccccc3CN2C(=O)CC(C)C)cc1. The summed E-state index contributed by atoms with van der Waals surface area (Å²) in [5.74, 6) is 0.543. The normalized spacial score (nSPS) is 16.0. The number of amides is 1. The van der Waals surface area contributed by atoms with Crippen LogP contribution < -0.4 is 0 Å². The van der Waals surface area contributed by atoms with Gasteiger partial charge in [0.05, 0.1) is 11.7 Å². The fourth-order valence-electron chi connectivity index (χ4n) is 3.95. The highest BCUT2D eigenvalue weighted by atomic mass is 16.2. The van der Waals surface area contributed by atoms with Gasteiger partial charge in [0.1, 0.15) is 0 Å². The Balaban J connectivity index is 1.89. The van der Waals surface area contributed by atoms with E-state index in [1.54, 1.807) is 0 Å². The van der Waals surface area contributed by atoms with Crippen LogP contribution in [0.5, 0.6) is 0 Å². The van der Waals surface area contributed by atoms with Gasteiger partial charge in [-0.3, -0.25) is 4.79 Å². The average molecular weight is 358 g/mol. The van der Waals surface area contributed by atoms with Gasteiger partial charge in [-0.1, -0.05) is 61.9 Å². The molecule has 138 valence electrons. The summed E-state index contributed by atoms with van der Waals surface area (Å²) in [6, 6.07) is 21.1. The van der Waals surface area contributed by atoms with E-state index in [0.717, 1.165) is 16.9 Å². The van der Waals surface area contributed by atoms with E-state index in [1.807, 2.05) is 0 Å². The number of carbonyl (C=O) groups is 1. The molecule has 0 bridgehead atoms. The number of para-hydroxylation sites is 1. The topological polar surface area (TPSA) is 25.2 Å². The second-order valence-corrected chi connectivity index (χ2v) is 7.86. The Labute approximate surface area is 161 Å². The van der Waals surface area contributed by atoms with Crippen molar-refractivity contribution in [3.8, 4) is 5.69 Å². The van der Waals surface area contributed by atoms with Gasteiger partial charge in [-0.05, 0) is 42.2 Å². The van der Waals surface area contributed by atoms with E-state index >= 15 is 0 Å². The van der Waals surface area contributed by atoms with Gasteiger partial charge in [0.25, 0.3) is 0 Å². The van der Waals surface area contributed by atoms with Crippen molar-refractivity contribution in [2.75, 3.05) is 0 Å². The van der Waals surface area contributed by atoms with Crippen LogP contribution in [0.1, 0.15) is 48.7 Å². The largest absolute Gasteiger partial charge is 0.326 e. The number of rotatable bonds is 3. The molecule has 2 aromatic carbocycles. The van der Waals surface area contributed by atoms with Gasteiger partial charge >= 0.3 is 0 Å². The fourth-order valence-corrected chi connectivity index (χ4v) is 3.95. The number of aryl methyl sites for hydroxylation is 1. The monoisotopic (exact) mass is 358 g/mol. The first kappa shape index (κ1) is 17.6. The Morgan fingerprint density at radius 2 is 1.78 bits per heavy atom. The molecular formula is C24H26N2O. The number of aromatic nitrogens is 1. The lowest BCUT2D eigenvalue weighted by Crippen LogP contribution is -2.35. The Hall–Kier alpha value is -2.81. The molecule has 0 fully saturated rings. The number of nitrogens with zero attached hydrogens (tertiary/aromatic N) is 2. The Morgan fingerprint density at radius 3 is 2.52 bits per heavy atom. The van der Waals surface area contributed by atoms with Crippen molar-refractivity contribution in [1.82, 2.24) is 9.47 Å². The molecule has 1 unspecified atom stereocenters. The molecule has 1 aliphatic rings. The van der Waals surface area contributed by atoms with Gasteiger partial charge in [-0.15, -0.1) is 0 Å². The molecule has 3 aromatic rings. The summed E-state index contributed by atoms with van der Waals surface area (Å²) < 4.78 is 2.24. The van der Waals surface area contributed by atoms with Crippen LogP contribution >= 0.6 is 0 Å². The minimum atomic E-state index is -0.0840. The summed E-state index contributed by atoms with van der Waals surface area (Å²) in [5, 5.41) is 0. The molecule has 2 heterocycles. The van der Waals surface area contributed by atoms with Crippen LogP contribution in [0.4, 0.5) is 0 Å². The Kier molecular flexibility index (Phi) is 4.61. The van der Waals surface area contributed by atoms with Crippen LogP contribution in [0.2, 0.25) is 0 Å².